The molecule has 142 valence electrons. The average Bonchev–Trinajstić information content (AvgIpc) is 3.52. The monoisotopic (exact) mass is 364 g/mol. The van der Waals surface area contributed by atoms with E-state index in [1.165, 1.54) is 0 Å². The van der Waals surface area contributed by atoms with Crippen molar-refractivity contribution in [3.63, 3.8) is 0 Å². The van der Waals surface area contributed by atoms with Gasteiger partial charge in [-0.15, -0.1) is 0 Å². The maximum Gasteiger partial charge on any atom is 0.242 e. The van der Waals surface area contributed by atoms with Crippen molar-refractivity contribution < 1.29 is 9.59 Å². The van der Waals surface area contributed by atoms with E-state index >= 15 is 0 Å². The van der Waals surface area contributed by atoms with E-state index in [1.807, 2.05) is 60.7 Å². The van der Waals surface area contributed by atoms with Crippen LogP contribution in [0.25, 0.3) is 0 Å². The van der Waals surface area contributed by atoms with E-state index in [1.54, 1.807) is 4.90 Å². The largest absolute Gasteiger partial charge is 0.355 e. The molecule has 0 heterocycles. The molecule has 0 radical (unpaired) electrons. The molecule has 0 aromatic heterocycles. The molecule has 0 saturated heterocycles. The molecule has 2 amide bonds. The summed E-state index contributed by atoms with van der Waals surface area (Å²) in [6.45, 7) is 3.25. The lowest BCUT2D eigenvalue weighted by atomic mass is 10.0. The molecular weight excluding hydrogens is 336 g/mol. The highest BCUT2D eigenvalue weighted by molar-refractivity contribution is 6.14. The van der Waals surface area contributed by atoms with Crippen LogP contribution in [0.5, 0.6) is 0 Å². The maximum atomic E-state index is 13.4. The standard InChI is InChI=1S/C23H28N2O2/c1-2-3-10-17-24-21(26)23(15-16-23)22(27)25(20-13-8-5-9-14-20)18-19-11-6-4-7-12-19/h4-9,11-14H,2-3,10,15-18H2,1H3,(H,24,26). The second-order valence-corrected chi connectivity index (χ2v) is 7.26. The molecule has 1 saturated carbocycles. The van der Waals surface area contributed by atoms with Crippen LogP contribution in [0, 0.1) is 5.41 Å². The van der Waals surface area contributed by atoms with Crippen LogP contribution in [0.15, 0.2) is 60.7 Å². The van der Waals surface area contributed by atoms with Gasteiger partial charge in [-0.1, -0.05) is 68.3 Å². The average molecular weight is 364 g/mol. The molecule has 2 aromatic rings. The van der Waals surface area contributed by atoms with Crippen molar-refractivity contribution in [2.24, 2.45) is 5.41 Å². The fourth-order valence-corrected chi connectivity index (χ4v) is 3.32. The quantitative estimate of drug-likeness (QED) is 0.532. The molecule has 0 atom stereocenters. The predicted octanol–water partition coefficient (Wildman–Crippen LogP) is 4.31. The Balaban J connectivity index is 1.77. The maximum absolute atomic E-state index is 13.4. The molecule has 1 fully saturated rings. The molecule has 4 heteroatoms. The van der Waals surface area contributed by atoms with Crippen molar-refractivity contribution in [3.05, 3.63) is 66.2 Å². The SMILES string of the molecule is CCCCCNC(=O)C1(C(=O)N(Cc2ccccc2)c2ccccc2)CC1. The minimum Gasteiger partial charge on any atom is -0.355 e. The number of para-hydroxylation sites is 1. The number of carbonyl (C=O) groups is 2. The third kappa shape index (κ3) is 4.57. The third-order valence-electron chi connectivity index (χ3n) is 5.16. The topological polar surface area (TPSA) is 49.4 Å². The summed E-state index contributed by atoms with van der Waals surface area (Å²) in [4.78, 5) is 27.9. The van der Waals surface area contributed by atoms with E-state index in [-0.39, 0.29) is 11.8 Å². The summed E-state index contributed by atoms with van der Waals surface area (Å²) in [7, 11) is 0. The zero-order chi connectivity index (χ0) is 19.1. The molecule has 2 aromatic carbocycles. The Morgan fingerprint density at radius 3 is 2.19 bits per heavy atom. The van der Waals surface area contributed by atoms with Gasteiger partial charge in [-0.05, 0) is 37.0 Å². The first-order valence-corrected chi connectivity index (χ1v) is 9.86. The zero-order valence-electron chi connectivity index (χ0n) is 16.0. The first-order chi connectivity index (χ1) is 13.2. The van der Waals surface area contributed by atoms with Gasteiger partial charge in [0.1, 0.15) is 5.41 Å². The minimum atomic E-state index is -0.892. The van der Waals surface area contributed by atoms with Gasteiger partial charge in [-0.2, -0.15) is 0 Å². The van der Waals surface area contributed by atoms with Gasteiger partial charge in [0.05, 0.1) is 6.54 Å². The first kappa shape index (κ1) is 19.2. The van der Waals surface area contributed by atoms with Crippen LogP contribution < -0.4 is 10.2 Å². The van der Waals surface area contributed by atoms with Crippen molar-refractivity contribution in [2.75, 3.05) is 11.4 Å². The number of nitrogens with one attached hydrogen (secondary N) is 1. The van der Waals surface area contributed by atoms with Gasteiger partial charge in [-0.3, -0.25) is 9.59 Å². The highest BCUT2D eigenvalue weighted by Gasteiger charge is 2.58. The Hall–Kier alpha value is -2.62. The molecule has 0 bridgehead atoms. The van der Waals surface area contributed by atoms with E-state index in [0.717, 1.165) is 30.5 Å². The summed E-state index contributed by atoms with van der Waals surface area (Å²) in [6, 6.07) is 19.5. The number of nitrogens with zero attached hydrogens (tertiary/aromatic N) is 1. The fraction of sp³-hybridized carbons (Fsp3) is 0.391. The van der Waals surface area contributed by atoms with Crippen LogP contribution in [0.2, 0.25) is 0 Å². The third-order valence-corrected chi connectivity index (χ3v) is 5.16. The fourth-order valence-electron chi connectivity index (χ4n) is 3.32. The number of anilines is 1. The van der Waals surface area contributed by atoms with Crippen molar-refractivity contribution in [3.8, 4) is 0 Å². The van der Waals surface area contributed by atoms with Crippen LogP contribution >= 0.6 is 0 Å². The molecule has 0 aliphatic heterocycles. The van der Waals surface area contributed by atoms with Gasteiger partial charge in [0.25, 0.3) is 0 Å². The molecule has 27 heavy (non-hydrogen) atoms. The molecule has 4 nitrogen and oxygen atoms in total. The van der Waals surface area contributed by atoms with Crippen molar-refractivity contribution in [1.82, 2.24) is 5.32 Å². The highest BCUT2D eigenvalue weighted by atomic mass is 16.2. The van der Waals surface area contributed by atoms with Gasteiger partial charge >= 0.3 is 0 Å². The molecular formula is C23H28N2O2. The van der Waals surface area contributed by atoms with Gasteiger partial charge in [0.2, 0.25) is 11.8 Å². The second kappa shape index (κ2) is 8.85. The summed E-state index contributed by atoms with van der Waals surface area (Å²) >= 11 is 0. The lowest BCUT2D eigenvalue weighted by Gasteiger charge is -2.27. The van der Waals surface area contributed by atoms with Gasteiger partial charge in [0, 0.05) is 12.2 Å². The number of hydrogen-bond donors (Lipinski definition) is 1. The molecule has 1 N–H and O–H groups in total. The van der Waals surface area contributed by atoms with Gasteiger partial charge in [-0.25, -0.2) is 0 Å². The number of benzene rings is 2. The Morgan fingerprint density at radius 2 is 1.59 bits per heavy atom. The van der Waals surface area contributed by atoms with Crippen molar-refractivity contribution >= 4 is 17.5 Å². The number of unbranched alkanes of at least 4 members (excludes halogenated alkanes) is 2. The van der Waals surface area contributed by atoms with E-state index < -0.39 is 5.41 Å². The van der Waals surface area contributed by atoms with E-state index in [0.29, 0.717) is 25.9 Å². The zero-order valence-corrected chi connectivity index (χ0v) is 16.0. The summed E-state index contributed by atoms with van der Waals surface area (Å²) in [6.07, 6.45) is 4.41. The normalized spacial score (nSPS) is 14.4. The Labute approximate surface area is 161 Å². The number of amides is 2. The molecule has 1 aliphatic rings. The lowest BCUT2D eigenvalue weighted by molar-refractivity contribution is -0.135. The predicted molar refractivity (Wildman–Crippen MR) is 108 cm³/mol. The Kier molecular flexibility index (Phi) is 6.28. The van der Waals surface area contributed by atoms with E-state index in [9.17, 15) is 9.59 Å². The molecule has 0 unspecified atom stereocenters. The van der Waals surface area contributed by atoms with Crippen molar-refractivity contribution in [2.45, 2.75) is 45.6 Å². The van der Waals surface area contributed by atoms with Crippen LogP contribution in [0.3, 0.4) is 0 Å². The number of hydrogen-bond acceptors (Lipinski definition) is 2. The minimum absolute atomic E-state index is 0.0921. The highest BCUT2D eigenvalue weighted by Crippen LogP contribution is 2.48. The summed E-state index contributed by atoms with van der Waals surface area (Å²) in [5.74, 6) is -0.205. The lowest BCUT2D eigenvalue weighted by Crippen LogP contribution is -2.45. The number of carbonyl (C=O) groups excluding carboxylic acids is 2. The summed E-state index contributed by atoms with van der Waals surface area (Å²) < 4.78 is 0. The Bertz CT molecular complexity index is 754. The summed E-state index contributed by atoms with van der Waals surface area (Å²) in [5, 5.41) is 2.98. The first-order valence-electron chi connectivity index (χ1n) is 9.86. The van der Waals surface area contributed by atoms with Gasteiger partial charge in [0.15, 0.2) is 0 Å². The number of rotatable bonds is 9. The van der Waals surface area contributed by atoms with Crippen LogP contribution in [-0.4, -0.2) is 18.4 Å². The van der Waals surface area contributed by atoms with E-state index in [4.69, 9.17) is 0 Å². The molecule has 0 spiro atoms. The molecule has 1 aliphatic carbocycles. The van der Waals surface area contributed by atoms with Crippen LogP contribution in [0.4, 0.5) is 5.69 Å². The molecule has 3 rings (SSSR count). The smallest absolute Gasteiger partial charge is 0.242 e. The van der Waals surface area contributed by atoms with Gasteiger partial charge < -0.3 is 10.2 Å². The second-order valence-electron chi connectivity index (χ2n) is 7.26. The van der Waals surface area contributed by atoms with Crippen LogP contribution in [0.1, 0.15) is 44.6 Å². The Morgan fingerprint density at radius 1 is 0.963 bits per heavy atom. The van der Waals surface area contributed by atoms with E-state index in [2.05, 4.69) is 12.2 Å². The van der Waals surface area contributed by atoms with Crippen molar-refractivity contribution in [1.29, 1.82) is 0 Å². The summed E-state index contributed by atoms with van der Waals surface area (Å²) in [5.41, 5.74) is 0.988. The van der Waals surface area contributed by atoms with Crippen LogP contribution in [-0.2, 0) is 16.1 Å².